The lowest BCUT2D eigenvalue weighted by atomic mass is 9.94. The van der Waals surface area contributed by atoms with E-state index in [1.54, 1.807) is 13.2 Å². The van der Waals surface area contributed by atoms with E-state index >= 15 is 0 Å². The van der Waals surface area contributed by atoms with Gasteiger partial charge in [-0.2, -0.15) is 5.10 Å². The Bertz CT molecular complexity index is 815. The summed E-state index contributed by atoms with van der Waals surface area (Å²) in [4.78, 5) is 17.2. The number of ether oxygens (including phenoxy) is 1. The third kappa shape index (κ3) is 3.47. The Hall–Kier alpha value is -1.61. The van der Waals surface area contributed by atoms with E-state index in [1.807, 2.05) is 27.6 Å². The predicted octanol–water partition coefficient (Wildman–Crippen LogP) is 1.64. The van der Waals surface area contributed by atoms with Crippen molar-refractivity contribution in [3.05, 3.63) is 18.0 Å². The molecule has 1 aromatic heterocycles. The summed E-state index contributed by atoms with van der Waals surface area (Å²) in [5, 5.41) is 4.27. The molecule has 8 nitrogen and oxygen atoms in total. The van der Waals surface area contributed by atoms with Gasteiger partial charge in [0, 0.05) is 54.6 Å². The van der Waals surface area contributed by atoms with Crippen molar-refractivity contribution in [3.63, 3.8) is 0 Å². The lowest BCUT2D eigenvalue weighted by Gasteiger charge is -2.46. The van der Waals surface area contributed by atoms with Crippen molar-refractivity contribution >= 4 is 15.8 Å². The zero-order valence-corrected chi connectivity index (χ0v) is 17.0. The Kier molecular flexibility index (Phi) is 4.92. The van der Waals surface area contributed by atoms with Gasteiger partial charge >= 0.3 is 6.03 Å². The van der Waals surface area contributed by atoms with Crippen molar-refractivity contribution < 1.29 is 13.7 Å². The molecule has 3 aliphatic heterocycles. The van der Waals surface area contributed by atoms with Crippen LogP contribution < -0.4 is 0 Å². The fraction of sp³-hybridized carbons (Fsp3) is 0.778. The SMILES string of the molecule is CN=S1(=O)CCC2(CC1)CN(C(=O)N1CCCC1c1ccnn1C)CCO2. The monoisotopic (exact) mass is 395 g/mol. The highest BCUT2D eigenvalue weighted by Gasteiger charge is 2.44. The van der Waals surface area contributed by atoms with E-state index in [0.29, 0.717) is 44.0 Å². The molecule has 0 radical (unpaired) electrons. The number of nitrogens with zero attached hydrogens (tertiary/aromatic N) is 5. The van der Waals surface area contributed by atoms with E-state index in [2.05, 4.69) is 9.46 Å². The molecule has 1 spiro atoms. The second-order valence-corrected chi connectivity index (χ2v) is 10.6. The number of urea groups is 1. The number of aromatic nitrogens is 2. The van der Waals surface area contributed by atoms with Crippen LogP contribution in [0.5, 0.6) is 0 Å². The standard InChI is InChI=1S/C18H29N5O3S/c1-19-27(25)12-6-18(7-13-27)14-22(10-11-26-18)17(24)23-9-3-4-16(23)15-5-8-20-21(15)2/h5,8,16H,3-4,6-7,9-14H2,1-2H3. The topological polar surface area (TPSA) is 80.0 Å². The van der Waals surface area contributed by atoms with Gasteiger partial charge < -0.3 is 14.5 Å². The van der Waals surface area contributed by atoms with E-state index in [9.17, 15) is 9.00 Å². The first-order valence-corrected chi connectivity index (χ1v) is 11.6. The van der Waals surface area contributed by atoms with Gasteiger partial charge in [0.15, 0.2) is 0 Å². The smallest absolute Gasteiger partial charge is 0.320 e. The molecular formula is C18H29N5O3S. The molecule has 1 unspecified atom stereocenters. The van der Waals surface area contributed by atoms with Crippen molar-refractivity contribution in [3.8, 4) is 0 Å². The zero-order chi connectivity index (χ0) is 19.1. The lowest BCUT2D eigenvalue weighted by molar-refractivity contribution is -0.105. The summed E-state index contributed by atoms with van der Waals surface area (Å²) >= 11 is 0. The lowest BCUT2D eigenvalue weighted by Crippen LogP contribution is -2.58. The molecule has 0 aromatic carbocycles. The molecule has 27 heavy (non-hydrogen) atoms. The van der Waals surface area contributed by atoms with Gasteiger partial charge in [-0.1, -0.05) is 0 Å². The molecule has 2 amide bonds. The van der Waals surface area contributed by atoms with E-state index in [4.69, 9.17) is 4.74 Å². The minimum atomic E-state index is -2.08. The highest BCUT2D eigenvalue weighted by Crippen LogP contribution is 2.35. The van der Waals surface area contributed by atoms with Crippen molar-refractivity contribution in [2.24, 2.45) is 11.4 Å². The molecule has 0 bridgehead atoms. The van der Waals surface area contributed by atoms with Gasteiger partial charge in [-0.15, -0.1) is 0 Å². The third-order valence-corrected chi connectivity index (χ3v) is 8.65. The second kappa shape index (κ2) is 7.09. The first-order chi connectivity index (χ1) is 13.0. The minimum Gasteiger partial charge on any atom is -0.371 e. The van der Waals surface area contributed by atoms with Gasteiger partial charge in [0.05, 0.1) is 30.5 Å². The van der Waals surface area contributed by atoms with Crippen LogP contribution in [0.25, 0.3) is 0 Å². The molecule has 1 aromatic rings. The maximum absolute atomic E-state index is 13.3. The van der Waals surface area contributed by atoms with Crippen molar-refractivity contribution in [1.29, 1.82) is 0 Å². The number of hydrogen-bond donors (Lipinski definition) is 0. The highest BCUT2D eigenvalue weighted by atomic mass is 32.2. The zero-order valence-electron chi connectivity index (χ0n) is 16.2. The molecular weight excluding hydrogens is 366 g/mol. The Morgan fingerprint density at radius 3 is 2.81 bits per heavy atom. The first kappa shape index (κ1) is 18.7. The second-order valence-electron chi connectivity index (χ2n) is 7.83. The molecule has 3 saturated heterocycles. The van der Waals surface area contributed by atoms with Crippen LogP contribution in [0.15, 0.2) is 16.6 Å². The fourth-order valence-electron chi connectivity index (χ4n) is 4.61. The Balaban J connectivity index is 1.48. The Morgan fingerprint density at radius 2 is 2.15 bits per heavy atom. The van der Waals surface area contributed by atoms with Gasteiger partial charge in [-0.25, -0.2) is 13.4 Å². The quantitative estimate of drug-likeness (QED) is 0.724. The average molecular weight is 396 g/mol. The fourth-order valence-corrected chi connectivity index (χ4v) is 6.56. The van der Waals surface area contributed by atoms with Crippen LogP contribution in [0.1, 0.15) is 37.4 Å². The van der Waals surface area contributed by atoms with Crippen LogP contribution in [0.3, 0.4) is 0 Å². The number of aryl methyl sites for hydroxylation is 1. The molecule has 150 valence electrons. The molecule has 3 fully saturated rings. The predicted molar refractivity (Wildman–Crippen MR) is 103 cm³/mol. The number of carbonyl (C=O) groups excluding carboxylic acids is 1. The largest absolute Gasteiger partial charge is 0.371 e. The highest BCUT2D eigenvalue weighted by molar-refractivity contribution is 7.93. The third-order valence-electron chi connectivity index (χ3n) is 6.30. The van der Waals surface area contributed by atoms with E-state index < -0.39 is 9.73 Å². The molecule has 4 heterocycles. The van der Waals surface area contributed by atoms with Gasteiger partial charge in [0.25, 0.3) is 0 Å². The summed E-state index contributed by atoms with van der Waals surface area (Å²) in [5.41, 5.74) is 0.729. The number of carbonyl (C=O) groups is 1. The summed E-state index contributed by atoms with van der Waals surface area (Å²) in [6.07, 6.45) is 5.19. The summed E-state index contributed by atoms with van der Waals surface area (Å²) in [6.45, 7) is 2.52. The maximum atomic E-state index is 13.3. The van der Waals surface area contributed by atoms with Crippen molar-refractivity contribution in [1.82, 2.24) is 19.6 Å². The van der Waals surface area contributed by atoms with E-state index in [0.717, 1.165) is 25.1 Å². The van der Waals surface area contributed by atoms with Gasteiger partial charge in [0.1, 0.15) is 0 Å². The number of amides is 2. The van der Waals surface area contributed by atoms with Crippen LogP contribution in [0.2, 0.25) is 0 Å². The first-order valence-electron chi connectivity index (χ1n) is 9.73. The van der Waals surface area contributed by atoms with Crippen LogP contribution in [0.4, 0.5) is 4.79 Å². The minimum absolute atomic E-state index is 0.0905. The number of hydrogen-bond acceptors (Lipinski definition) is 5. The van der Waals surface area contributed by atoms with Gasteiger partial charge in [0.2, 0.25) is 0 Å². The number of morpholine rings is 1. The molecule has 1 atom stereocenters. The molecule has 3 aliphatic rings. The van der Waals surface area contributed by atoms with Crippen molar-refractivity contribution in [2.75, 3.05) is 44.8 Å². The Labute approximate surface area is 161 Å². The van der Waals surface area contributed by atoms with Crippen LogP contribution in [0, 0.1) is 0 Å². The normalized spacial score (nSPS) is 34.2. The van der Waals surface area contributed by atoms with Gasteiger partial charge in [-0.3, -0.25) is 4.68 Å². The van der Waals surface area contributed by atoms with Gasteiger partial charge in [-0.05, 0) is 31.7 Å². The van der Waals surface area contributed by atoms with E-state index in [-0.39, 0.29) is 17.7 Å². The molecule has 0 aliphatic carbocycles. The molecule has 0 N–H and O–H groups in total. The molecule has 4 rings (SSSR count). The summed E-state index contributed by atoms with van der Waals surface area (Å²) < 4.78 is 24.6. The van der Waals surface area contributed by atoms with Crippen LogP contribution >= 0.6 is 0 Å². The maximum Gasteiger partial charge on any atom is 0.320 e. The van der Waals surface area contributed by atoms with Crippen molar-refractivity contribution in [2.45, 2.75) is 37.3 Å². The number of rotatable bonds is 1. The summed E-state index contributed by atoms with van der Waals surface area (Å²) in [6, 6.07) is 2.18. The Morgan fingerprint density at radius 1 is 1.37 bits per heavy atom. The van der Waals surface area contributed by atoms with Crippen LogP contribution in [-0.2, 0) is 21.5 Å². The number of likely N-dealkylation sites (tertiary alicyclic amines) is 1. The molecule has 0 saturated carbocycles. The van der Waals surface area contributed by atoms with E-state index in [1.165, 1.54) is 0 Å². The summed E-state index contributed by atoms with van der Waals surface area (Å²) in [7, 11) is 1.49. The average Bonchev–Trinajstić information content (AvgIpc) is 3.32. The molecule has 9 heteroatoms. The van der Waals surface area contributed by atoms with Crippen LogP contribution in [-0.4, -0.2) is 80.2 Å². The summed E-state index contributed by atoms with van der Waals surface area (Å²) in [5.74, 6) is 1.12.